The molecule has 1 aromatic rings. The van der Waals surface area contributed by atoms with Crippen LogP contribution in [0.3, 0.4) is 0 Å². The smallest absolute Gasteiger partial charge is 0.0206 e. The van der Waals surface area contributed by atoms with E-state index in [1.165, 1.54) is 29.8 Å². The maximum atomic E-state index is 3.51. The van der Waals surface area contributed by atoms with Crippen molar-refractivity contribution >= 4 is 11.8 Å². The molecule has 2 nitrogen and oxygen atoms in total. The Labute approximate surface area is 102 Å². The number of benzene rings is 1. The number of thioether (sulfide) groups is 1. The lowest BCUT2D eigenvalue weighted by atomic mass is 10.2. The molecule has 88 valence electrons. The molecule has 2 N–H and O–H groups in total. The first-order valence-electron chi connectivity index (χ1n) is 5.95. The van der Waals surface area contributed by atoms with Crippen LogP contribution in [0.25, 0.3) is 0 Å². The molecule has 0 radical (unpaired) electrons. The first-order chi connectivity index (χ1) is 7.88. The van der Waals surface area contributed by atoms with Crippen LogP contribution in [0.15, 0.2) is 29.2 Å². The Morgan fingerprint density at radius 1 is 1.38 bits per heavy atom. The Morgan fingerprint density at radius 3 is 2.81 bits per heavy atom. The van der Waals surface area contributed by atoms with Gasteiger partial charge in [-0.1, -0.05) is 12.1 Å². The highest BCUT2D eigenvalue weighted by atomic mass is 32.2. The minimum atomic E-state index is 0.686. The highest BCUT2D eigenvalue weighted by Crippen LogP contribution is 2.14. The zero-order valence-electron chi connectivity index (χ0n) is 9.83. The van der Waals surface area contributed by atoms with E-state index in [1.807, 2.05) is 0 Å². The van der Waals surface area contributed by atoms with Crippen LogP contribution >= 0.6 is 11.8 Å². The molecule has 1 fully saturated rings. The Kier molecular flexibility index (Phi) is 4.69. The van der Waals surface area contributed by atoms with E-state index in [2.05, 4.69) is 41.2 Å². The van der Waals surface area contributed by atoms with Crippen LogP contribution in [-0.2, 0) is 6.54 Å². The van der Waals surface area contributed by atoms with E-state index in [4.69, 9.17) is 0 Å². The van der Waals surface area contributed by atoms with Gasteiger partial charge < -0.3 is 10.6 Å². The maximum Gasteiger partial charge on any atom is 0.0206 e. The predicted molar refractivity (Wildman–Crippen MR) is 71.0 cm³/mol. The zero-order valence-corrected chi connectivity index (χ0v) is 10.6. The van der Waals surface area contributed by atoms with Crippen molar-refractivity contribution in [3.05, 3.63) is 29.8 Å². The number of rotatable bonds is 5. The van der Waals surface area contributed by atoms with Gasteiger partial charge in [0.15, 0.2) is 0 Å². The van der Waals surface area contributed by atoms with Crippen LogP contribution in [0.1, 0.15) is 18.4 Å². The topological polar surface area (TPSA) is 24.1 Å². The van der Waals surface area contributed by atoms with Gasteiger partial charge in [-0.25, -0.2) is 0 Å². The summed E-state index contributed by atoms with van der Waals surface area (Å²) in [4.78, 5) is 1.33. The summed E-state index contributed by atoms with van der Waals surface area (Å²) >= 11 is 1.79. The van der Waals surface area contributed by atoms with Crippen LogP contribution < -0.4 is 10.6 Å². The van der Waals surface area contributed by atoms with Gasteiger partial charge >= 0.3 is 0 Å². The quantitative estimate of drug-likeness (QED) is 0.767. The van der Waals surface area contributed by atoms with E-state index in [0.29, 0.717) is 6.04 Å². The van der Waals surface area contributed by atoms with Crippen LogP contribution in [-0.4, -0.2) is 25.4 Å². The third-order valence-corrected chi connectivity index (χ3v) is 3.78. The lowest BCUT2D eigenvalue weighted by Crippen LogP contribution is -2.33. The number of hydrogen-bond acceptors (Lipinski definition) is 3. The summed E-state index contributed by atoms with van der Waals surface area (Å²) in [5.41, 5.74) is 1.37. The molecule has 1 unspecified atom stereocenters. The molecule has 1 saturated heterocycles. The third-order valence-electron chi connectivity index (χ3n) is 3.04. The van der Waals surface area contributed by atoms with Crippen LogP contribution in [0.2, 0.25) is 0 Å². The molecule has 2 rings (SSSR count). The molecule has 0 spiro atoms. The van der Waals surface area contributed by atoms with Gasteiger partial charge in [0.1, 0.15) is 0 Å². The standard InChI is InChI=1S/C13H20N2S/c1-16-13-6-4-11(5-7-13)9-14-10-12-3-2-8-15-12/h4-7,12,14-15H,2-3,8-10H2,1H3. The molecular weight excluding hydrogens is 216 g/mol. The van der Waals surface area contributed by atoms with Gasteiger partial charge in [0, 0.05) is 24.0 Å². The van der Waals surface area contributed by atoms with Gasteiger partial charge in [0.2, 0.25) is 0 Å². The number of hydrogen-bond donors (Lipinski definition) is 2. The molecule has 1 aliphatic heterocycles. The van der Waals surface area contributed by atoms with Gasteiger partial charge in [0.25, 0.3) is 0 Å². The Bertz CT molecular complexity index is 304. The summed E-state index contributed by atoms with van der Waals surface area (Å²) in [5.74, 6) is 0. The summed E-state index contributed by atoms with van der Waals surface area (Å²) in [6.07, 6.45) is 4.76. The van der Waals surface area contributed by atoms with E-state index >= 15 is 0 Å². The first kappa shape index (κ1) is 12.0. The molecule has 1 heterocycles. The van der Waals surface area contributed by atoms with Gasteiger partial charge in [-0.2, -0.15) is 0 Å². The fourth-order valence-electron chi connectivity index (χ4n) is 2.07. The average molecular weight is 236 g/mol. The van der Waals surface area contributed by atoms with Crippen LogP contribution in [0.4, 0.5) is 0 Å². The van der Waals surface area contributed by atoms with Crippen LogP contribution in [0, 0.1) is 0 Å². The molecule has 0 amide bonds. The summed E-state index contributed by atoms with van der Waals surface area (Å²) in [5, 5.41) is 7.01. The lowest BCUT2D eigenvalue weighted by molar-refractivity contribution is 0.535. The highest BCUT2D eigenvalue weighted by molar-refractivity contribution is 7.98. The molecule has 0 aliphatic carbocycles. The normalized spacial score (nSPS) is 20.2. The molecule has 0 saturated carbocycles. The van der Waals surface area contributed by atoms with E-state index in [9.17, 15) is 0 Å². The summed E-state index contributed by atoms with van der Waals surface area (Å²) in [6.45, 7) is 3.26. The van der Waals surface area contributed by atoms with Crippen molar-refractivity contribution in [1.82, 2.24) is 10.6 Å². The maximum absolute atomic E-state index is 3.51. The summed E-state index contributed by atoms with van der Waals surface area (Å²) in [7, 11) is 0. The van der Waals surface area contributed by atoms with Gasteiger partial charge in [-0.15, -0.1) is 11.8 Å². The van der Waals surface area contributed by atoms with Crippen molar-refractivity contribution < 1.29 is 0 Å². The zero-order chi connectivity index (χ0) is 11.2. The lowest BCUT2D eigenvalue weighted by Gasteiger charge is -2.11. The van der Waals surface area contributed by atoms with E-state index < -0.39 is 0 Å². The molecule has 3 heteroatoms. The predicted octanol–water partition coefficient (Wildman–Crippen LogP) is 2.25. The molecule has 0 bridgehead atoms. The summed E-state index contributed by atoms with van der Waals surface area (Å²) in [6, 6.07) is 9.48. The third kappa shape index (κ3) is 3.51. The van der Waals surface area contributed by atoms with Gasteiger partial charge in [-0.05, 0) is 43.3 Å². The Morgan fingerprint density at radius 2 is 2.19 bits per heavy atom. The largest absolute Gasteiger partial charge is 0.313 e. The monoisotopic (exact) mass is 236 g/mol. The average Bonchev–Trinajstić information content (AvgIpc) is 2.83. The minimum Gasteiger partial charge on any atom is -0.313 e. The molecule has 1 aliphatic rings. The second-order valence-corrected chi connectivity index (χ2v) is 5.15. The fraction of sp³-hybridized carbons (Fsp3) is 0.538. The van der Waals surface area contributed by atoms with E-state index in [-0.39, 0.29) is 0 Å². The van der Waals surface area contributed by atoms with Crippen molar-refractivity contribution in [2.45, 2.75) is 30.3 Å². The van der Waals surface area contributed by atoms with Crippen molar-refractivity contribution in [3.63, 3.8) is 0 Å². The van der Waals surface area contributed by atoms with E-state index in [1.54, 1.807) is 11.8 Å². The molecule has 0 aromatic heterocycles. The van der Waals surface area contributed by atoms with E-state index in [0.717, 1.165) is 13.1 Å². The van der Waals surface area contributed by atoms with Crippen molar-refractivity contribution in [3.8, 4) is 0 Å². The molecule has 1 atom stereocenters. The first-order valence-corrected chi connectivity index (χ1v) is 7.18. The van der Waals surface area contributed by atoms with Gasteiger partial charge in [-0.3, -0.25) is 0 Å². The minimum absolute atomic E-state index is 0.686. The van der Waals surface area contributed by atoms with Gasteiger partial charge in [0.05, 0.1) is 0 Å². The highest BCUT2D eigenvalue weighted by Gasteiger charge is 2.12. The second kappa shape index (κ2) is 6.28. The van der Waals surface area contributed by atoms with Crippen molar-refractivity contribution in [2.24, 2.45) is 0 Å². The van der Waals surface area contributed by atoms with Crippen molar-refractivity contribution in [1.29, 1.82) is 0 Å². The Balaban J connectivity index is 1.71. The molecule has 1 aromatic carbocycles. The number of nitrogens with one attached hydrogen (secondary N) is 2. The Hall–Kier alpha value is -0.510. The van der Waals surface area contributed by atoms with Crippen LogP contribution in [0.5, 0.6) is 0 Å². The SMILES string of the molecule is CSc1ccc(CNCC2CCCN2)cc1. The van der Waals surface area contributed by atoms with Crippen molar-refractivity contribution in [2.75, 3.05) is 19.3 Å². The second-order valence-electron chi connectivity index (χ2n) is 4.27. The summed E-state index contributed by atoms with van der Waals surface area (Å²) < 4.78 is 0. The fourth-order valence-corrected chi connectivity index (χ4v) is 2.47. The molecule has 16 heavy (non-hydrogen) atoms. The molecular formula is C13H20N2S.